The summed E-state index contributed by atoms with van der Waals surface area (Å²) in [6, 6.07) is 8.22. The Kier molecular flexibility index (Phi) is 3.03. The first-order valence-electron chi connectivity index (χ1n) is 8.57. The molecule has 1 aliphatic rings. The van der Waals surface area contributed by atoms with Crippen LogP contribution in [0.4, 0.5) is 5.82 Å². The lowest BCUT2D eigenvalue weighted by molar-refractivity contribution is 0.380. The van der Waals surface area contributed by atoms with Crippen LogP contribution < -0.4 is 4.90 Å². The summed E-state index contributed by atoms with van der Waals surface area (Å²) in [7, 11) is 2.04. The van der Waals surface area contributed by atoms with Gasteiger partial charge in [0.25, 0.3) is 0 Å². The molecule has 0 unspecified atom stereocenters. The largest absolute Gasteiger partial charge is 0.359 e. The van der Waals surface area contributed by atoms with Crippen molar-refractivity contribution in [3.05, 3.63) is 36.5 Å². The molecular formula is C18H18N6O. The van der Waals surface area contributed by atoms with Gasteiger partial charge in [-0.25, -0.2) is 9.97 Å². The van der Waals surface area contributed by atoms with Crippen LogP contribution in [0.3, 0.4) is 0 Å². The smallest absolute Gasteiger partial charge is 0.230 e. The van der Waals surface area contributed by atoms with E-state index in [1.165, 1.54) is 0 Å². The Morgan fingerprint density at radius 2 is 2.08 bits per heavy atom. The first-order chi connectivity index (χ1) is 12.3. The molecule has 3 aromatic heterocycles. The standard InChI is InChI=1S/C18H18N6O/c1-3-23(2)16-12-6-4-5-7-13(12)24-10-19-14(17(24)21-16)15-20-18(25-22-15)11-8-9-11/h4-7,10-11H,3,8-9H2,1-2H3. The number of fused-ring (bicyclic) bond motifs is 3. The van der Waals surface area contributed by atoms with Gasteiger partial charge < -0.3 is 9.42 Å². The molecule has 3 heterocycles. The third-order valence-corrected chi connectivity index (χ3v) is 4.77. The molecule has 0 N–H and O–H groups in total. The molecule has 0 aliphatic heterocycles. The van der Waals surface area contributed by atoms with Gasteiger partial charge in [0.15, 0.2) is 11.3 Å². The SMILES string of the molecule is CCN(C)c1nc2c(-c3noc(C4CC4)n3)ncn2c2ccccc12. The molecular weight excluding hydrogens is 316 g/mol. The van der Waals surface area contributed by atoms with Crippen LogP contribution in [-0.2, 0) is 0 Å². The molecule has 25 heavy (non-hydrogen) atoms. The Morgan fingerprint density at radius 3 is 2.88 bits per heavy atom. The van der Waals surface area contributed by atoms with E-state index in [0.29, 0.717) is 23.3 Å². The number of nitrogens with zero attached hydrogens (tertiary/aromatic N) is 6. The van der Waals surface area contributed by atoms with Crippen molar-refractivity contribution < 1.29 is 4.52 Å². The molecule has 126 valence electrons. The highest BCUT2D eigenvalue weighted by Gasteiger charge is 2.30. The molecule has 5 rings (SSSR count). The van der Waals surface area contributed by atoms with E-state index in [1.807, 2.05) is 23.6 Å². The normalized spacial score (nSPS) is 14.5. The van der Waals surface area contributed by atoms with Crippen molar-refractivity contribution in [1.29, 1.82) is 0 Å². The van der Waals surface area contributed by atoms with Gasteiger partial charge in [-0.05, 0) is 31.9 Å². The Hall–Kier alpha value is -2.96. The zero-order valence-electron chi connectivity index (χ0n) is 14.2. The summed E-state index contributed by atoms with van der Waals surface area (Å²) in [4.78, 5) is 16.1. The summed E-state index contributed by atoms with van der Waals surface area (Å²) in [5.41, 5.74) is 2.47. The van der Waals surface area contributed by atoms with E-state index in [-0.39, 0.29) is 0 Å². The van der Waals surface area contributed by atoms with Crippen LogP contribution in [0.2, 0.25) is 0 Å². The third kappa shape index (κ3) is 2.19. The van der Waals surface area contributed by atoms with Crippen molar-refractivity contribution in [3.8, 4) is 11.5 Å². The van der Waals surface area contributed by atoms with Crippen molar-refractivity contribution in [2.24, 2.45) is 0 Å². The van der Waals surface area contributed by atoms with E-state index in [9.17, 15) is 0 Å². The molecule has 7 heteroatoms. The van der Waals surface area contributed by atoms with E-state index in [0.717, 1.165) is 41.8 Å². The van der Waals surface area contributed by atoms with Crippen LogP contribution >= 0.6 is 0 Å². The fourth-order valence-corrected chi connectivity index (χ4v) is 3.08. The van der Waals surface area contributed by atoms with Gasteiger partial charge in [-0.3, -0.25) is 4.40 Å². The predicted octanol–water partition coefficient (Wildman–Crippen LogP) is 3.27. The Morgan fingerprint density at radius 1 is 1.24 bits per heavy atom. The molecule has 4 aromatic rings. The molecule has 1 fully saturated rings. The minimum Gasteiger partial charge on any atom is -0.359 e. The maximum absolute atomic E-state index is 5.40. The van der Waals surface area contributed by atoms with Crippen molar-refractivity contribution in [2.45, 2.75) is 25.7 Å². The minimum absolute atomic E-state index is 0.422. The predicted molar refractivity (Wildman–Crippen MR) is 94.7 cm³/mol. The van der Waals surface area contributed by atoms with Crippen LogP contribution in [0.1, 0.15) is 31.6 Å². The van der Waals surface area contributed by atoms with Gasteiger partial charge in [0.2, 0.25) is 11.7 Å². The Balaban J connectivity index is 1.76. The van der Waals surface area contributed by atoms with Gasteiger partial charge in [0.05, 0.1) is 5.52 Å². The second kappa shape index (κ2) is 5.27. The lowest BCUT2D eigenvalue weighted by Crippen LogP contribution is -2.18. The first-order valence-corrected chi connectivity index (χ1v) is 8.57. The Labute approximate surface area is 144 Å². The van der Waals surface area contributed by atoms with Gasteiger partial charge in [0.1, 0.15) is 12.1 Å². The summed E-state index contributed by atoms with van der Waals surface area (Å²) in [6.45, 7) is 2.98. The average molecular weight is 334 g/mol. The van der Waals surface area contributed by atoms with Crippen molar-refractivity contribution in [2.75, 3.05) is 18.5 Å². The molecule has 1 aliphatic carbocycles. The van der Waals surface area contributed by atoms with Crippen molar-refractivity contribution in [1.82, 2.24) is 24.5 Å². The van der Waals surface area contributed by atoms with Gasteiger partial charge in [-0.2, -0.15) is 4.98 Å². The number of hydrogen-bond donors (Lipinski definition) is 0. The highest BCUT2D eigenvalue weighted by Crippen LogP contribution is 2.39. The maximum Gasteiger partial charge on any atom is 0.230 e. The van der Waals surface area contributed by atoms with Crippen molar-refractivity contribution >= 4 is 22.4 Å². The van der Waals surface area contributed by atoms with Crippen molar-refractivity contribution in [3.63, 3.8) is 0 Å². The molecule has 1 saturated carbocycles. The number of imidazole rings is 1. The second-order valence-electron chi connectivity index (χ2n) is 6.48. The minimum atomic E-state index is 0.422. The summed E-state index contributed by atoms with van der Waals surface area (Å²) >= 11 is 0. The maximum atomic E-state index is 5.40. The first kappa shape index (κ1) is 14.4. The highest BCUT2D eigenvalue weighted by molar-refractivity contribution is 5.93. The summed E-state index contributed by atoms with van der Waals surface area (Å²) in [5.74, 6) is 2.57. The van der Waals surface area contributed by atoms with Gasteiger partial charge >= 0.3 is 0 Å². The summed E-state index contributed by atoms with van der Waals surface area (Å²) in [6.07, 6.45) is 4.03. The van der Waals surface area contributed by atoms with Crippen LogP contribution in [0, 0.1) is 0 Å². The van der Waals surface area contributed by atoms with E-state index in [2.05, 4.69) is 39.1 Å². The van der Waals surface area contributed by atoms with E-state index < -0.39 is 0 Å². The number of rotatable bonds is 4. The van der Waals surface area contributed by atoms with Gasteiger partial charge in [0, 0.05) is 24.9 Å². The number of para-hydroxylation sites is 1. The fraction of sp³-hybridized carbons (Fsp3) is 0.333. The average Bonchev–Trinajstić information content (AvgIpc) is 3.23. The second-order valence-corrected chi connectivity index (χ2v) is 6.48. The molecule has 0 spiro atoms. The molecule has 0 atom stereocenters. The van der Waals surface area contributed by atoms with Crippen LogP contribution in [-0.4, -0.2) is 38.1 Å². The monoisotopic (exact) mass is 334 g/mol. The van der Waals surface area contributed by atoms with Gasteiger partial charge in [-0.1, -0.05) is 17.3 Å². The topological polar surface area (TPSA) is 72.3 Å². The summed E-state index contributed by atoms with van der Waals surface area (Å²) in [5, 5.41) is 5.22. The number of anilines is 1. The third-order valence-electron chi connectivity index (χ3n) is 4.77. The molecule has 0 amide bonds. The van der Waals surface area contributed by atoms with Gasteiger partial charge in [-0.15, -0.1) is 0 Å². The highest BCUT2D eigenvalue weighted by atomic mass is 16.5. The van der Waals surface area contributed by atoms with E-state index in [4.69, 9.17) is 9.51 Å². The van der Waals surface area contributed by atoms with E-state index >= 15 is 0 Å². The van der Waals surface area contributed by atoms with Crippen LogP contribution in [0.5, 0.6) is 0 Å². The molecule has 7 nitrogen and oxygen atoms in total. The molecule has 0 radical (unpaired) electrons. The zero-order chi connectivity index (χ0) is 17.0. The number of aromatic nitrogens is 5. The molecule has 1 aromatic carbocycles. The fourth-order valence-electron chi connectivity index (χ4n) is 3.08. The summed E-state index contributed by atoms with van der Waals surface area (Å²) < 4.78 is 7.39. The number of benzene rings is 1. The lowest BCUT2D eigenvalue weighted by atomic mass is 10.2. The molecule has 0 saturated heterocycles. The Bertz CT molecular complexity index is 1080. The van der Waals surface area contributed by atoms with E-state index in [1.54, 1.807) is 6.33 Å². The quantitative estimate of drug-likeness (QED) is 0.570. The zero-order valence-corrected chi connectivity index (χ0v) is 14.2. The lowest BCUT2D eigenvalue weighted by Gasteiger charge is -2.18. The molecule has 0 bridgehead atoms. The van der Waals surface area contributed by atoms with Crippen LogP contribution in [0.15, 0.2) is 35.1 Å². The van der Waals surface area contributed by atoms with Crippen LogP contribution in [0.25, 0.3) is 28.1 Å². The number of hydrogen-bond acceptors (Lipinski definition) is 6.